The quantitative estimate of drug-likeness (QED) is 0.0126. The van der Waals surface area contributed by atoms with E-state index < -0.39 is 43.5 Å². The van der Waals surface area contributed by atoms with E-state index in [0.717, 1.165) is 95.1 Å². The number of hydrogen-bond acceptors (Lipinski definition) is 19. The van der Waals surface area contributed by atoms with Gasteiger partial charge in [0.05, 0.1) is 30.0 Å². The van der Waals surface area contributed by atoms with E-state index in [-0.39, 0.29) is 29.8 Å². The van der Waals surface area contributed by atoms with Crippen molar-refractivity contribution in [1.82, 2.24) is 39.0 Å². The molecule has 6 aromatic heterocycles. The Hall–Kier alpha value is -6.39. The highest BCUT2D eigenvalue weighted by molar-refractivity contribution is 6.77. The molecule has 27 heteroatoms. The number of likely N-dealkylation sites (tertiary alicyclic amines) is 2. The van der Waals surface area contributed by atoms with Crippen molar-refractivity contribution in [2.24, 2.45) is 5.16 Å². The van der Waals surface area contributed by atoms with Gasteiger partial charge >= 0.3 is 12.2 Å². The molecule has 2 saturated heterocycles. The Morgan fingerprint density at radius 3 is 1.33 bits per heavy atom. The van der Waals surface area contributed by atoms with Crippen molar-refractivity contribution >= 4 is 73.6 Å². The number of anilines is 2. The Balaban J connectivity index is 0.000000264. The van der Waals surface area contributed by atoms with Crippen LogP contribution < -0.4 is 9.80 Å². The molecule has 0 aromatic carbocycles. The molecule has 0 bridgehead atoms. The summed E-state index contributed by atoms with van der Waals surface area (Å²) in [4.78, 5) is 44.1. The minimum Gasteiger partial charge on any atom is -0.463 e. The van der Waals surface area contributed by atoms with Crippen LogP contribution in [0.4, 0.5) is 21.2 Å². The molecule has 0 saturated carbocycles. The number of rotatable bonds is 27. The van der Waals surface area contributed by atoms with E-state index in [4.69, 9.17) is 62.6 Å². The summed E-state index contributed by atoms with van der Waals surface area (Å²) in [6.07, 6.45) is 10.8. The Morgan fingerprint density at radius 2 is 0.989 bits per heavy atom. The van der Waals surface area contributed by atoms with E-state index in [0.29, 0.717) is 96.6 Å². The van der Waals surface area contributed by atoms with Crippen LogP contribution in [0.15, 0.2) is 63.2 Å². The minimum atomic E-state index is -1.28. The lowest BCUT2D eigenvalue weighted by atomic mass is 9.94. The fourth-order valence-electron chi connectivity index (χ4n) is 10.3. The molecule has 0 radical (unpaired) electrons. The maximum atomic E-state index is 13.1. The lowest BCUT2D eigenvalue weighted by Gasteiger charge is -2.34. The second-order valence-corrected chi connectivity index (χ2v) is 53.9. The van der Waals surface area contributed by atoms with E-state index >= 15 is 0 Å². The number of piperidine rings is 2. The van der Waals surface area contributed by atoms with Gasteiger partial charge in [0.25, 0.3) is 0 Å². The van der Waals surface area contributed by atoms with Gasteiger partial charge in [0.15, 0.2) is 11.3 Å². The van der Waals surface area contributed by atoms with Gasteiger partial charge in [-0.05, 0) is 97.5 Å². The number of carbonyl (C=O) groups excluding carboxylic acids is 2. The van der Waals surface area contributed by atoms with Gasteiger partial charge in [-0.25, -0.2) is 19.6 Å². The predicted molar refractivity (Wildman–Crippen MR) is 376 cm³/mol. The molecule has 8 rings (SSSR count). The van der Waals surface area contributed by atoms with Crippen LogP contribution in [-0.4, -0.2) is 186 Å². The largest absolute Gasteiger partial charge is 0.463 e. The predicted octanol–water partition coefficient (Wildman–Crippen LogP) is 14.7. The SMILES string of the molecule is CC(C)(C)OC(=O)N1CCCC(c2cc(N(COCC[Si](C)(C)C)COCC[Si](C)(C)C)n3ncc(-c4coc(C#N)c4)c3n2)C1.CC(C)(C)OC(=O)N1CCCC(c2cc(N(COCC[Si](C)(C)C)COCC[Si](C)(C)C)n3ncc(-c4coc(C=NO)c4)c3n2)C1. The average molecular weight is 1360 g/mol. The lowest BCUT2D eigenvalue weighted by Crippen LogP contribution is -2.42. The summed E-state index contributed by atoms with van der Waals surface area (Å²) in [6.45, 7) is 45.8. The molecule has 8 heterocycles. The monoisotopic (exact) mass is 1350 g/mol. The summed E-state index contributed by atoms with van der Waals surface area (Å²) in [5.74, 6) is 2.21. The van der Waals surface area contributed by atoms with Gasteiger partial charge < -0.3 is 62.1 Å². The van der Waals surface area contributed by atoms with Crippen LogP contribution in [0.5, 0.6) is 0 Å². The number of furan rings is 2. The number of oxime groups is 1. The van der Waals surface area contributed by atoms with E-state index in [1.54, 1.807) is 46.9 Å². The van der Waals surface area contributed by atoms with E-state index in [9.17, 15) is 14.9 Å². The van der Waals surface area contributed by atoms with Gasteiger partial charge in [-0.2, -0.15) is 24.5 Å². The number of ether oxygens (including phenoxy) is 6. The molecule has 512 valence electrons. The zero-order chi connectivity index (χ0) is 68.1. The summed E-state index contributed by atoms with van der Waals surface area (Å²) in [6, 6.07) is 13.9. The van der Waals surface area contributed by atoms with Crippen molar-refractivity contribution in [3.63, 3.8) is 0 Å². The third-order valence-electron chi connectivity index (χ3n) is 15.7. The number of fused-ring (bicyclic) bond motifs is 2. The maximum absolute atomic E-state index is 13.1. The zero-order valence-corrected chi connectivity index (χ0v) is 62.9. The number of carbonyl (C=O) groups is 2. The number of nitrogens with zero attached hydrogens (tertiary/aromatic N) is 12. The van der Waals surface area contributed by atoms with Crippen molar-refractivity contribution in [2.45, 2.75) is 193 Å². The highest BCUT2D eigenvalue weighted by Crippen LogP contribution is 2.36. The van der Waals surface area contributed by atoms with Gasteiger partial charge in [-0.1, -0.05) is 83.7 Å². The van der Waals surface area contributed by atoms with Crippen LogP contribution >= 0.6 is 0 Å². The third kappa shape index (κ3) is 23.2. The maximum Gasteiger partial charge on any atom is 0.410 e. The van der Waals surface area contributed by atoms with Crippen molar-refractivity contribution in [2.75, 3.05) is 89.3 Å². The summed E-state index contributed by atoms with van der Waals surface area (Å²) in [5, 5.41) is 31.0. The Labute approximate surface area is 555 Å². The molecule has 0 spiro atoms. The van der Waals surface area contributed by atoms with Gasteiger partial charge in [0.1, 0.15) is 74.1 Å². The Bertz CT molecular complexity index is 3420. The number of aromatic nitrogens is 6. The van der Waals surface area contributed by atoms with Crippen molar-refractivity contribution in [3.8, 4) is 28.3 Å². The van der Waals surface area contributed by atoms with Crippen LogP contribution in [-0.2, 0) is 28.4 Å². The molecule has 23 nitrogen and oxygen atoms in total. The molecule has 2 aliphatic rings. The summed E-state index contributed by atoms with van der Waals surface area (Å²) in [5.41, 5.74) is 4.87. The summed E-state index contributed by atoms with van der Waals surface area (Å²) < 4.78 is 51.2. The van der Waals surface area contributed by atoms with E-state index in [1.165, 1.54) is 6.21 Å². The highest BCUT2D eigenvalue weighted by atomic mass is 28.3. The molecule has 2 amide bonds. The van der Waals surface area contributed by atoms with E-state index in [1.807, 2.05) is 50.6 Å². The second kappa shape index (κ2) is 31.9. The molecule has 0 aliphatic carbocycles. The van der Waals surface area contributed by atoms with Crippen LogP contribution in [0.2, 0.25) is 103 Å². The minimum absolute atomic E-state index is 0.00532. The molecule has 2 aliphatic heterocycles. The summed E-state index contributed by atoms with van der Waals surface area (Å²) >= 11 is 0. The van der Waals surface area contributed by atoms with Crippen molar-refractivity contribution in [3.05, 3.63) is 72.1 Å². The number of nitriles is 1. The molecule has 93 heavy (non-hydrogen) atoms. The van der Waals surface area contributed by atoms with Gasteiger partial charge in [-0.15, -0.1) is 0 Å². The fourth-order valence-corrected chi connectivity index (χ4v) is 13.4. The van der Waals surface area contributed by atoms with Crippen LogP contribution in [0, 0.1) is 11.3 Å². The fraction of sp³-hybridized carbons (Fsp3) is 0.636. The first-order valence-electron chi connectivity index (χ1n) is 32.9. The molecule has 2 fully saturated rings. The highest BCUT2D eigenvalue weighted by Gasteiger charge is 2.34. The van der Waals surface area contributed by atoms with Gasteiger partial charge in [0, 0.05) is 137 Å². The normalized spacial score (nSPS) is 16.2. The van der Waals surface area contributed by atoms with Crippen LogP contribution in [0.25, 0.3) is 33.5 Å². The van der Waals surface area contributed by atoms with Gasteiger partial charge in [0.2, 0.25) is 5.76 Å². The molecule has 2 atom stereocenters. The Kier molecular flexibility index (Phi) is 25.4. The molecule has 2 unspecified atom stereocenters. The second-order valence-electron chi connectivity index (χ2n) is 31.5. The van der Waals surface area contributed by atoms with Crippen molar-refractivity contribution in [1.29, 1.82) is 5.26 Å². The number of hydrogen-bond donors (Lipinski definition) is 1. The zero-order valence-electron chi connectivity index (χ0n) is 58.9. The molecular formula is C66H106N12O11Si4. The third-order valence-corrected chi connectivity index (χ3v) is 22.5. The number of amides is 2. The van der Waals surface area contributed by atoms with Gasteiger partial charge in [-0.3, -0.25) is 0 Å². The van der Waals surface area contributed by atoms with E-state index in [2.05, 4.69) is 112 Å². The van der Waals surface area contributed by atoms with Crippen molar-refractivity contribution < 1.29 is 52.1 Å². The Morgan fingerprint density at radius 1 is 0.613 bits per heavy atom. The molecule has 1 N–H and O–H groups in total. The summed E-state index contributed by atoms with van der Waals surface area (Å²) in [7, 11) is -5.11. The molecule has 6 aromatic rings. The first-order valence-corrected chi connectivity index (χ1v) is 47.7. The van der Waals surface area contributed by atoms with Crippen LogP contribution in [0.1, 0.15) is 102 Å². The first kappa shape index (κ1) is 74.0. The topological polar surface area (TPSA) is 246 Å². The lowest BCUT2D eigenvalue weighted by molar-refractivity contribution is 0.0187. The molecular weight excluding hydrogens is 1250 g/mol. The van der Waals surface area contributed by atoms with Crippen LogP contribution in [0.3, 0.4) is 0 Å². The smallest absolute Gasteiger partial charge is 0.410 e. The first-order chi connectivity index (χ1) is 43.6. The average Bonchev–Trinajstić information content (AvgIpc) is 1.70. The standard InChI is InChI=1S/C33H54N6O6Si2.C33H52N6O5Si2/c1-33(2,3)45-32(40)37-12-10-11-25(21-37)29-18-30(38(23-42-13-15-46(4,5)6)24-43-14-16-47(7,8)9)39-31(36-29)28(20-34-39)26-17-27(19-35-41)44-22-26;1-33(2,3)44-32(40)37-12-10-11-25(21-37)29-18-30(39-31(36-29)28(20-35-39)26-17-27(19-34)43-22-26)38(23-41-13-15-45(4,5)6)24-42-14-16-46(7,8)9/h17-20,22,25,41H,10-16,21,23-24H2,1-9H3;17-18,20,22,25H,10-16,21,23-24H2,1-9H3.